The first-order chi connectivity index (χ1) is 14.3. The molecule has 0 radical (unpaired) electrons. The van der Waals surface area contributed by atoms with Crippen molar-refractivity contribution in [2.24, 2.45) is 0 Å². The van der Waals surface area contributed by atoms with Gasteiger partial charge in [-0.05, 0) is 24.8 Å². The number of aliphatic hydroxyl groups excluding tert-OH is 1. The molecule has 162 valence electrons. The van der Waals surface area contributed by atoms with Crippen molar-refractivity contribution < 1.29 is 23.5 Å². The number of piperazine rings is 1. The maximum Gasteiger partial charge on any atom is 0.252 e. The predicted molar refractivity (Wildman–Crippen MR) is 105 cm³/mol. The lowest BCUT2D eigenvalue weighted by molar-refractivity contribution is -0.185. The van der Waals surface area contributed by atoms with Crippen LogP contribution in [0.3, 0.4) is 0 Å². The van der Waals surface area contributed by atoms with Crippen molar-refractivity contribution >= 4 is 11.8 Å². The van der Waals surface area contributed by atoms with Gasteiger partial charge in [0.1, 0.15) is 5.54 Å². The van der Waals surface area contributed by atoms with Crippen molar-refractivity contribution in [3.05, 3.63) is 35.9 Å². The average molecular weight is 419 g/mol. The Kier molecular flexibility index (Phi) is 4.72. The Bertz CT molecular complexity index is 833. The van der Waals surface area contributed by atoms with Crippen LogP contribution in [-0.2, 0) is 16.1 Å². The Labute approximate surface area is 174 Å². The highest BCUT2D eigenvalue weighted by atomic mass is 19.3. The van der Waals surface area contributed by atoms with Crippen LogP contribution in [-0.4, -0.2) is 80.9 Å². The minimum absolute atomic E-state index is 0.0502. The maximum atomic E-state index is 13.6. The number of fused-ring (bicyclic) bond motifs is 2. The first kappa shape index (κ1) is 20.0. The summed E-state index contributed by atoms with van der Waals surface area (Å²) in [4.78, 5) is 32.0. The summed E-state index contributed by atoms with van der Waals surface area (Å²) in [6.07, 6.45) is 0.320. The van der Waals surface area contributed by atoms with Crippen molar-refractivity contribution in [2.75, 3.05) is 19.6 Å². The summed E-state index contributed by atoms with van der Waals surface area (Å²) >= 11 is 0. The lowest BCUT2D eigenvalue weighted by atomic mass is 9.79. The zero-order valence-corrected chi connectivity index (χ0v) is 16.8. The van der Waals surface area contributed by atoms with Crippen LogP contribution in [0.25, 0.3) is 0 Å². The number of nitrogens with zero attached hydrogens (tertiary/aromatic N) is 3. The highest BCUT2D eigenvalue weighted by Crippen LogP contribution is 2.44. The van der Waals surface area contributed by atoms with Gasteiger partial charge in [-0.1, -0.05) is 30.3 Å². The molecule has 3 heterocycles. The molecule has 1 saturated carbocycles. The lowest BCUT2D eigenvalue weighted by Gasteiger charge is -2.60. The molecule has 1 N–H and O–H groups in total. The molecular weight excluding hydrogens is 392 g/mol. The number of benzene rings is 1. The highest BCUT2D eigenvalue weighted by Gasteiger charge is 2.65. The standard InChI is InChI=1S/C22H27F2N3O3/c23-22(24)8-6-16(7-9-22)25-13-21(14-25)20(30)26(11-15-4-2-1-3-5-15)19(29)18-10-17(28)12-27(18)21/h1-5,16-18,28H,6-14H2/t17-,18+/m1/s1. The highest BCUT2D eigenvalue weighted by molar-refractivity contribution is 6.06. The summed E-state index contributed by atoms with van der Waals surface area (Å²) in [6.45, 7) is 1.39. The number of hydrogen-bond acceptors (Lipinski definition) is 5. The Morgan fingerprint density at radius 3 is 2.40 bits per heavy atom. The van der Waals surface area contributed by atoms with Crippen LogP contribution < -0.4 is 0 Å². The SMILES string of the molecule is O=C1[C@@H]2C[C@@H](O)CN2C2(CN(C3CCC(F)(F)CC3)C2)C(=O)N1Cc1ccccc1. The smallest absolute Gasteiger partial charge is 0.252 e. The zero-order chi connectivity index (χ0) is 21.1. The molecule has 3 saturated heterocycles. The van der Waals surface area contributed by atoms with Gasteiger partial charge in [0.05, 0.1) is 18.7 Å². The van der Waals surface area contributed by atoms with E-state index in [-0.39, 0.29) is 37.2 Å². The number of amides is 2. The number of hydrogen-bond donors (Lipinski definition) is 1. The minimum atomic E-state index is -2.58. The first-order valence-electron chi connectivity index (χ1n) is 10.8. The summed E-state index contributed by atoms with van der Waals surface area (Å²) in [7, 11) is 0. The second-order valence-corrected chi connectivity index (χ2v) is 9.30. The number of halogens is 2. The van der Waals surface area contributed by atoms with Crippen molar-refractivity contribution in [2.45, 2.75) is 68.3 Å². The summed E-state index contributed by atoms with van der Waals surface area (Å²) in [6, 6.07) is 8.96. The molecule has 30 heavy (non-hydrogen) atoms. The average Bonchev–Trinajstić information content (AvgIpc) is 3.08. The second-order valence-electron chi connectivity index (χ2n) is 9.30. The van der Waals surface area contributed by atoms with E-state index in [4.69, 9.17) is 0 Å². The Morgan fingerprint density at radius 2 is 1.73 bits per heavy atom. The molecule has 1 spiro atoms. The molecule has 6 nitrogen and oxygen atoms in total. The molecule has 4 fully saturated rings. The van der Waals surface area contributed by atoms with Gasteiger partial charge in [0.25, 0.3) is 5.91 Å². The summed E-state index contributed by atoms with van der Waals surface area (Å²) in [5.74, 6) is -3.05. The quantitative estimate of drug-likeness (QED) is 0.755. The van der Waals surface area contributed by atoms with Crippen molar-refractivity contribution in [3.63, 3.8) is 0 Å². The molecule has 4 aliphatic rings. The van der Waals surface area contributed by atoms with Crippen LogP contribution in [0.5, 0.6) is 0 Å². The van der Waals surface area contributed by atoms with E-state index in [9.17, 15) is 23.5 Å². The first-order valence-corrected chi connectivity index (χ1v) is 10.8. The van der Waals surface area contributed by atoms with Gasteiger partial charge in [0, 0.05) is 38.5 Å². The van der Waals surface area contributed by atoms with Gasteiger partial charge in [0.15, 0.2) is 0 Å². The Balaban J connectivity index is 1.37. The minimum Gasteiger partial charge on any atom is -0.392 e. The lowest BCUT2D eigenvalue weighted by Crippen LogP contribution is -2.82. The van der Waals surface area contributed by atoms with Gasteiger partial charge in [-0.3, -0.25) is 24.3 Å². The fourth-order valence-electron chi connectivity index (χ4n) is 5.68. The van der Waals surface area contributed by atoms with Crippen LogP contribution in [0.2, 0.25) is 0 Å². The normalized spacial score (nSPS) is 31.8. The van der Waals surface area contributed by atoms with E-state index in [1.807, 2.05) is 35.2 Å². The molecule has 1 aromatic carbocycles. The van der Waals surface area contributed by atoms with E-state index >= 15 is 0 Å². The van der Waals surface area contributed by atoms with E-state index in [0.29, 0.717) is 38.9 Å². The van der Waals surface area contributed by atoms with Crippen molar-refractivity contribution in [1.29, 1.82) is 0 Å². The third-order valence-electron chi connectivity index (χ3n) is 7.34. The van der Waals surface area contributed by atoms with E-state index < -0.39 is 23.6 Å². The number of likely N-dealkylation sites (tertiary alicyclic amines) is 1. The van der Waals surface area contributed by atoms with E-state index in [1.54, 1.807) is 0 Å². The molecular formula is C22H27F2N3O3. The third kappa shape index (κ3) is 3.16. The molecule has 2 amide bonds. The molecule has 3 aliphatic heterocycles. The van der Waals surface area contributed by atoms with Crippen LogP contribution in [0.15, 0.2) is 30.3 Å². The van der Waals surface area contributed by atoms with Gasteiger partial charge >= 0.3 is 0 Å². The maximum absolute atomic E-state index is 13.6. The molecule has 2 atom stereocenters. The monoisotopic (exact) mass is 419 g/mol. The molecule has 8 heteroatoms. The van der Waals surface area contributed by atoms with E-state index in [1.165, 1.54) is 4.90 Å². The Hall–Kier alpha value is -1.90. The number of β-amino-alcohol motifs (C(OH)–C–C–N with tert-alkyl or cyclic N) is 1. The Morgan fingerprint density at radius 1 is 1.07 bits per heavy atom. The number of alkyl halides is 2. The van der Waals surface area contributed by atoms with Crippen LogP contribution in [0.4, 0.5) is 8.78 Å². The van der Waals surface area contributed by atoms with Gasteiger partial charge in [-0.25, -0.2) is 8.78 Å². The van der Waals surface area contributed by atoms with Gasteiger partial charge in [0.2, 0.25) is 11.8 Å². The number of carbonyl (C=O) groups is 2. The summed E-state index contributed by atoms with van der Waals surface area (Å²) < 4.78 is 27.1. The van der Waals surface area contributed by atoms with Crippen LogP contribution >= 0.6 is 0 Å². The zero-order valence-electron chi connectivity index (χ0n) is 16.8. The molecule has 0 bridgehead atoms. The number of imide groups is 1. The summed E-state index contributed by atoms with van der Waals surface area (Å²) in [5, 5.41) is 10.2. The summed E-state index contributed by atoms with van der Waals surface area (Å²) in [5.41, 5.74) is 0.0391. The van der Waals surface area contributed by atoms with E-state index in [2.05, 4.69) is 4.90 Å². The third-order valence-corrected chi connectivity index (χ3v) is 7.34. The molecule has 1 aromatic rings. The molecule has 0 aromatic heterocycles. The van der Waals surface area contributed by atoms with E-state index in [0.717, 1.165) is 5.56 Å². The van der Waals surface area contributed by atoms with Gasteiger partial charge in [-0.2, -0.15) is 0 Å². The van der Waals surface area contributed by atoms with Gasteiger partial charge < -0.3 is 5.11 Å². The molecule has 1 aliphatic carbocycles. The molecule has 0 unspecified atom stereocenters. The fourth-order valence-corrected chi connectivity index (χ4v) is 5.68. The van der Waals surface area contributed by atoms with Crippen LogP contribution in [0, 0.1) is 0 Å². The topological polar surface area (TPSA) is 64.1 Å². The molecule has 5 rings (SSSR count). The predicted octanol–water partition coefficient (Wildman–Crippen LogP) is 1.62. The van der Waals surface area contributed by atoms with Crippen molar-refractivity contribution in [3.8, 4) is 0 Å². The van der Waals surface area contributed by atoms with Crippen molar-refractivity contribution in [1.82, 2.24) is 14.7 Å². The number of carbonyl (C=O) groups excluding carboxylic acids is 2. The van der Waals surface area contributed by atoms with Crippen LogP contribution in [0.1, 0.15) is 37.7 Å². The fraction of sp³-hybridized carbons (Fsp3) is 0.636. The number of rotatable bonds is 3. The van der Waals surface area contributed by atoms with Gasteiger partial charge in [-0.15, -0.1) is 0 Å². The number of aliphatic hydroxyl groups is 1. The largest absolute Gasteiger partial charge is 0.392 e. The second kappa shape index (κ2) is 7.07.